The fraction of sp³-hybridized carbons (Fsp3) is 0.818. The van der Waals surface area contributed by atoms with Crippen LogP contribution in [-0.2, 0) is 0 Å². The molecule has 0 heterocycles. The summed E-state index contributed by atoms with van der Waals surface area (Å²) in [5.41, 5.74) is 5.40. The monoisotopic (exact) mass is 199 g/mol. The Kier molecular flexibility index (Phi) is 8.94. The van der Waals surface area contributed by atoms with Crippen LogP contribution < -0.4 is 5.73 Å². The minimum atomic E-state index is 0.646. The highest BCUT2D eigenvalue weighted by Gasteiger charge is 2.01. The summed E-state index contributed by atoms with van der Waals surface area (Å²) in [5, 5.41) is 0. The zero-order valence-electron chi connectivity index (χ0n) is 9.87. The second-order valence-electron chi connectivity index (χ2n) is 3.81. The normalized spacial score (nSPS) is 12.1. The lowest BCUT2D eigenvalue weighted by Gasteiger charge is -2.21. The molecule has 0 amide bonds. The van der Waals surface area contributed by atoms with Gasteiger partial charge in [-0.05, 0) is 27.1 Å². The zero-order chi connectivity index (χ0) is 10.8. The summed E-state index contributed by atoms with van der Waals surface area (Å²) in [6.07, 6.45) is 5.40. The number of hydrogen-bond donors (Lipinski definition) is 1. The van der Waals surface area contributed by atoms with Gasteiger partial charge in [0.1, 0.15) is 0 Å². The van der Waals surface area contributed by atoms with Gasteiger partial charge in [0.2, 0.25) is 0 Å². The van der Waals surface area contributed by atoms with Gasteiger partial charge in [-0.25, -0.2) is 0 Å². The van der Waals surface area contributed by atoms with E-state index < -0.39 is 0 Å². The first-order chi connectivity index (χ1) is 6.70. The lowest BCUT2D eigenvalue weighted by molar-refractivity contribution is 0.261. The molecule has 0 atom stereocenters. The van der Waals surface area contributed by atoms with Gasteiger partial charge < -0.3 is 10.6 Å². The number of nitrogens with zero attached hydrogens (tertiary/aromatic N) is 2. The number of likely N-dealkylation sites (N-methyl/N-ethyl adjacent to an activating group) is 1. The lowest BCUT2D eigenvalue weighted by Crippen LogP contribution is -2.32. The highest BCUT2D eigenvalue weighted by molar-refractivity contribution is 4.85. The van der Waals surface area contributed by atoms with E-state index in [0.29, 0.717) is 6.54 Å². The third kappa shape index (κ3) is 8.23. The highest BCUT2D eigenvalue weighted by Crippen LogP contribution is 1.92. The van der Waals surface area contributed by atoms with Crippen molar-refractivity contribution in [1.29, 1.82) is 0 Å². The Bertz CT molecular complexity index is 143. The lowest BCUT2D eigenvalue weighted by atomic mass is 10.3. The van der Waals surface area contributed by atoms with Gasteiger partial charge in [0, 0.05) is 26.2 Å². The minimum absolute atomic E-state index is 0.646. The fourth-order valence-electron chi connectivity index (χ4n) is 1.27. The first kappa shape index (κ1) is 13.6. The van der Waals surface area contributed by atoms with Crippen molar-refractivity contribution in [2.75, 3.05) is 46.8 Å². The highest BCUT2D eigenvalue weighted by atomic mass is 15.2. The van der Waals surface area contributed by atoms with Crippen molar-refractivity contribution in [2.45, 2.75) is 13.3 Å². The molecule has 0 rings (SSSR count). The molecule has 0 aliphatic carbocycles. The molecule has 3 nitrogen and oxygen atoms in total. The van der Waals surface area contributed by atoms with Crippen LogP contribution in [0.2, 0.25) is 0 Å². The summed E-state index contributed by atoms with van der Waals surface area (Å²) < 4.78 is 0. The van der Waals surface area contributed by atoms with Crippen LogP contribution in [0, 0.1) is 0 Å². The SMILES string of the molecule is CCCN(CC=CCN)CCN(C)C. The Morgan fingerprint density at radius 2 is 1.79 bits per heavy atom. The van der Waals surface area contributed by atoms with Gasteiger partial charge in [-0.2, -0.15) is 0 Å². The quantitative estimate of drug-likeness (QED) is 0.586. The maximum absolute atomic E-state index is 5.40. The molecule has 0 fully saturated rings. The van der Waals surface area contributed by atoms with Crippen molar-refractivity contribution in [3.05, 3.63) is 12.2 Å². The van der Waals surface area contributed by atoms with Gasteiger partial charge in [-0.15, -0.1) is 0 Å². The van der Waals surface area contributed by atoms with Crippen LogP contribution in [0.1, 0.15) is 13.3 Å². The van der Waals surface area contributed by atoms with Crippen LogP contribution in [0.5, 0.6) is 0 Å². The summed E-state index contributed by atoms with van der Waals surface area (Å²) >= 11 is 0. The van der Waals surface area contributed by atoms with E-state index in [0.717, 1.165) is 19.6 Å². The van der Waals surface area contributed by atoms with E-state index in [-0.39, 0.29) is 0 Å². The molecule has 0 bridgehead atoms. The maximum atomic E-state index is 5.40. The van der Waals surface area contributed by atoms with Gasteiger partial charge in [-0.3, -0.25) is 4.90 Å². The molecule has 0 unspecified atom stereocenters. The van der Waals surface area contributed by atoms with Crippen LogP contribution >= 0.6 is 0 Å². The van der Waals surface area contributed by atoms with Crippen LogP contribution in [0.4, 0.5) is 0 Å². The molecule has 0 aromatic heterocycles. The van der Waals surface area contributed by atoms with E-state index in [1.807, 2.05) is 6.08 Å². The number of hydrogen-bond acceptors (Lipinski definition) is 3. The van der Waals surface area contributed by atoms with Crippen molar-refractivity contribution in [2.24, 2.45) is 5.73 Å². The van der Waals surface area contributed by atoms with E-state index in [9.17, 15) is 0 Å². The first-order valence-corrected chi connectivity index (χ1v) is 5.42. The minimum Gasteiger partial charge on any atom is -0.327 e. The second kappa shape index (κ2) is 9.19. The average Bonchev–Trinajstić information content (AvgIpc) is 2.14. The van der Waals surface area contributed by atoms with Gasteiger partial charge in [-0.1, -0.05) is 19.1 Å². The standard InChI is InChI=1S/C11H25N3/c1-4-8-14(9-6-5-7-12)11-10-13(2)3/h5-6H,4,7-12H2,1-3H3. The molecule has 3 heteroatoms. The van der Waals surface area contributed by atoms with Crippen molar-refractivity contribution in [1.82, 2.24) is 9.80 Å². The van der Waals surface area contributed by atoms with Crippen molar-refractivity contribution >= 4 is 0 Å². The molecule has 0 radical (unpaired) electrons. The summed E-state index contributed by atoms with van der Waals surface area (Å²) in [6, 6.07) is 0. The molecule has 0 aromatic carbocycles. The zero-order valence-corrected chi connectivity index (χ0v) is 9.87. The number of nitrogens with two attached hydrogens (primary N) is 1. The van der Waals surface area contributed by atoms with Gasteiger partial charge >= 0.3 is 0 Å². The molecule has 0 saturated carbocycles. The maximum Gasteiger partial charge on any atom is 0.0164 e. The average molecular weight is 199 g/mol. The first-order valence-electron chi connectivity index (χ1n) is 5.42. The van der Waals surface area contributed by atoms with Crippen molar-refractivity contribution in [3.63, 3.8) is 0 Å². The topological polar surface area (TPSA) is 32.5 Å². The summed E-state index contributed by atoms with van der Waals surface area (Å²) in [6.45, 7) is 7.32. The van der Waals surface area contributed by atoms with E-state index in [1.165, 1.54) is 13.0 Å². The molecular weight excluding hydrogens is 174 g/mol. The molecule has 0 spiro atoms. The predicted molar refractivity (Wildman–Crippen MR) is 63.5 cm³/mol. The predicted octanol–water partition coefficient (Wildman–Crippen LogP) is 0.775. The molecule has 14 heavy (non-hydrogen) atoms. The smallest absolute Gasteiger partial charge is 0.0164 e. The summed E-state index contributed by atoms with van der Waals surface area (Å²) in [5.74, 6) is 0. The molecule has 84 valence electrons. The van der Waals surface area contributed by atoms with Crippen LogP contribution in [0.25, 0.3) is 0 Å². The Balaban J connectivity index is 3.70. The van der Waals surface area contributed by atoms with Crippen LogP contribution in [-0.4, -0.2) is 56.6 Å². The van der Waals surface area contributed by atoms with Gasteiger partial charge in [0.05, 0.1) is 0 Å². The van der Waals surface area contributed by atoms with Crippen molar-refractivity contribution < 1.29 is 0 Å². The molecule has 2 N–H and O–H groups in total. The van der Waals surface area contributed by atoms with Gasteiger partial charge in [0.15, 0.2) is 0 Å². The third-order valence-corrected chi connectivity index (χ3v) is 2.07. The Labute approximate surface area is 88.6 Å². The summed E-state index contributed by atoms with van der Waals surface area (Å²) in [4.78, 5) is 4.67. The fourth-order valence-corrected chi connectivity index (χ4v) is 1.27. The largest absolute Gasteiger partial charge is 0.327 e. The van der Waals surface area contributed by atoms with E-state index in [1.54, 1.807) is 0 Å². The molecule has 0 aliphatic heterocycles. The number of rotatable bonds is 8. The van der Waals surface area contributed by atoms with E-state index >= 15 is 0 Å². The Morgan fingerprint density at radius 3 is 2.29 bits per heavy atom. The van der Waals surface area contributed by atoms with Crippen LogP contribution in [0.3, 0.4) is 0 Å². The van der Waals surface area contributed by atoms with Crippen molar-refractivity contribution in [3.8, 4) is 0 Å². The Hall–Kier alpha value is -0.380. The van der Waals surface area contributed by atoms with Crippen LogP contribution in [0.15, 0.2) is 12.2 Å². The molecule has 0 aromatic rings. The van der Waals surface area contributed by atoms with E-state index in [4.69, 9.17) is 5.73 Å². The second-order valence-corrected chi connectivity index (χ2v) is 3.81. The van der Waals surface area contributed by atoms with Gasteiger partial charge in [0.25, 0.3) is 0 Å². The molecule has 0 saturated heterocycles. The third-order valence-electron chi connectivity index (χ3n) is 2.07. The molecule has 0 aliphatic rings. The summed E-state index contributed by atoms with van der Waals surface area (Å²) in [7, 11) is 4.22. The van der Waals surface area contributed by atoms with E-state index in [2.05, 4.69) is 36.9 Å². The Morgan fingerprint density at radius 1 is 1.07 bits per heavy atom. The molecular formula is C11H25N3.